The molecule has 9 aromatic carbocycles. The van der Waals surface area contributed by atoms with Crippen LogP contribution in [-0.4, -0.2) is 160 Å². The highest BCUT2D eigenvalue weighted by Crippen LogP contribution is 2.34. The number of benzene rings is 9. The first kappa shape index (κ1) is 90.2. The molecule has 34 heteroatoms. The summed E-state index contributed by atoms with van der Waals surface area (Å²) in [5, 5.41) is 6.81. The number of oxazole rings is 1. The number of thiazole rings is 2. The summed E-state index contributed by atoms with van der Waals surface area (Å²) in [5.41, 5.74) is 17.7. The third-order valence-corrected chi connectivity index (χ3v) is 25.7. The number of rotatable bonds is 17. The molecule has 0 aliphatic carbocycles. The lowest BCUT2D eigenvalue weighted by molar-refractivity contribution is -0.132. The van der Waals surface area contributed by atoms with Gasteiger partial charge in [-0.3, -0.25) is 19.2 Å². The van der Waals surface area contributed by atoms with Gasteiger partial charge in [0.05, 0.1) is 82.5 Å². The molecule has 1 saturated heterocycles. The van der Waals surface area contributed by atoms with Gasteiger partial charge in [-0.05, 0) is 213 Å². The van der Waals surface area contributed by atoms with Crippen LogP contribution in [0.4, 0.5) is 46.1 Å². The van der Waals surface area contributed by atoms with Crippen LogP contribution in [-0.2, 0) is 83.5 Å². The average Bonchev–Trinajstić information content (AvgIpc) is 1.63. The number of imidazole rings is 4. The van der Waals surface area contributed by atoms with Crippen LogP contribution in [0.25, 0.3) is 78.7 Å². The van der Waals surface area contributed by atoms with E-state index in [1.807, 2.05) is 45.9 Å². The Morgan fingerprint density at radius 1 is 0.348 bits per heavy atom. The number of para-hydroxylation sites is 1. The van der Waals surface area contributed by atoms with Crippen molar-refractivity contribution in [2.24, 2.45) is 0 Å². The lowest BCUT2D eigenvalue weighted by atomic mass is 10.1. The quantitative estimate of drug-likeness (QED) is 0.0831. The highest BCUT2D eigenvalue weighted by molar-refractivity contribution is 7.15. The number of carbonyl (C=O) groups is 4. The third-order valence-electron chi connectivity index (χ3n) is 23.7. The van der Waals surface area contributed by atoms with Gasteiger partial charge in [-0.25, -0.2) is 70.0 Å². The van der Waals surface area contributed by atoms with Gasteiger partial charge in [0, 0.05) is 177 Å². The number of aryl methyl sites for hydroxylation is 2. The molecular weight excluding hydrogens is 1780 g/mol. The predicted molar refractivity (Wildman–Crippen MR) is 495 cm³/mol. The Hall–Kier alpha value is -15.3. The zero-order chi connectivity index (χ0) is 93.5. The molecule has 17 aromatic rings. The summed E-state index contributed by atoms with van der Waals surface area (Å²) in [5.74, 6) is 1.32. The van der Waals surface area contributed by atoms with Crippen LogP contribution in [0.5, 0.6) is 0 Å². The van der Waals surface area contributed by atoms with Gasteiger partial charge in [-0.1, -0.05) is 17.3 Å². The molecule has 0 unspecified atom stereocenters. The standard InChI is InChI=1S/C28H23F2N5O2.C25H22F2N4OS.C24H21F2N5OS.C24H20F2N4O2/c29-20-7-5-19(6-8-20)24-18-35(22-11-9-21(30)10-12-22)26(31-24)17-27(36)33-13-15-34(16-14-33)28-23-3-1-2-4-25(23)37-32-28;1-16-28-21-10-12-30(13-11-23(21)33-16)25(32)14-24-29-22(17-2-4-18(26)5-3-17)15-31(24)20-8-6-19(27)7-9-20;25-16-3-1-15(2-4-16)20-14-31(18-7-5-17(26)6-8-18)22(28-20)13-23(32)30-11-9-19-21(10-12-30)33-24(27)29-19;1-15-27-20-10-11-29(14-22(20)32-15)24(31)12-23-28-21(16-2-4-17(25)5-3-16)13-30(23)19-8-6-18(26)7-9-19/h1-12,18H,13-17H2;2-9,15H,10-14H2,1H3;1-8,14H,9-13H2,(H2,27,29);2-9,13H,10-12,14H2,1H3. The summed E-state index contributed by atoms with van der Waals surface area (Å²) >= 11 is 3.18. The van der Waals surface area contributed by atoms with E-state index in [-0.39, 0.29) is 95.8 Å². The molecule has 8 aromatic heterocycles. The monoisotopic (exact) mass is 1860 g/mol. The van der Waals surface area contributed by atoms with Crippen molar-refractivity contribution in [1.29, 1.82) is 0 Å². The molecule has 2 N–H and O–H groups in total. The van der Waals surface area contributed by atoms with Crippen molar-refractivity contribution in [1.82, 2.24) is 77.9 Å². The topological polar surface area (TPSA) is 260 Å². The number of nitrogen functional groups attached to an aromatic ring is 1. The van der Waals surface area contributed by atoms with E-state index in [9.17, 15) is 54.3 Å². The molecule has 21 rings (SSSR count). The van der Waals surface area contributed by atoms with Crippen molar-refractivity contribution in [3.63, 3.8) is 0 Å². The van der Waals surface area contributed by atoms with Crippen molar-refractivity contribution in [3.05, 3.63) is 357 Å². The smallest absolute Gasteiger partial charge is 0.230 e. The minimum Gasteiger partial charge on any atom is -0.444 e. The number of fused-ring (bicyclic) bond motifs is 4. The van der Waals surface area contributed by atoms with E-state index in [2.05, 4.69) is 35.0 Å². The van der Waals surface area contributed by atoms with Gasteiger partial charge in [0.2, 0.25) is 23.6 Å². The fraction of sp³-hybridized carbons (Fsp3) is 0.208. The minimum absolute atomic E-state index is 0.0125. The Morgan fingerprint density at radius 2 is 0.667 bits per heavy atom. The Kier molecular flexibility index (Phi) is 26.7. The van der Waals surface area contributed by atoms with E-state index >= 15 is 0 Å². The molecule has 684 valence electrons. The number of halogens is 8. The SMILES string of the molecule is Cc1nc2c(o1)CN(C(=O)Cc1nc(-c3ccc(F)cc3)cn1-c1ccc(F)cc1)CC2.Cc1nc2c(s1)CCN(C(=O)Cc1nc(-c3ccc(F)cc3)cn1-c1ccc(F)cc1)CC2.Nc1nc2c(s1)CCN(C(=O)Cc1nc(-c3ccc(F)cc3)cn1-c1ccc(F)cc1)CC2.O=C(Cc1nc(-c2ccc(F)cc2)cn1-c1ccc(F)cc1)N1CCN(c2noc3ccccc23)CC1. The molecule has 0 spiro atoms. The largest absolute Gasteiger partial charge is 0.444 e. The Labute approximate surface area is 776 Å². The van der Waals surface area contributed by atoms with Gasteiger partial charge < -0.3 is 57.4 Å². The first-order valence-electron chi connectivity index (χ1n) is 43.7. The van der Waals surface area contributed by atoms with Crippen LogP contribution < -0.4 is 10.6 Å². The van der Waals surface area contributed by atoms with E-state index in [1.54, 1.807) is 163 Å². The zero-order valence-corrected chi connectivity index (χ0v) is 74.6. The minimum atomic E-state index is -0.350. The zero-order valence-electron chi connectivity index (χ0n) is 73.0. The summed E-state index contributed by atoms with van der Waals surface area (Å²) in [6, 6.07) is 55.9. The number of piperazine rings is 1. The van der Waals surface area contributed by atoms with Gasteiger partial charge in [-0.15, -0.1) is 22.7 Å². The molecule has 0 atom stereocenters. The van der Waals surface area contributed by atoms with Crippen LogP contribution >= 0.6 is 22.7 Å². The first-order valence-corrected chi connectivity index (χ1v) is 45.3. The summed E-state index contributed by atoms with van der Waals surface area (Å²) < 4.78 is 126. The lowest BCUT2D eigenvalue weighted by Crippen LogP contribution is -2.49. The van der Waals surface area contributed by atoms with Crippen LogP contribution in [0.3, 0.4) is 0 Å². The molecule has 0 radical (unpaired) electrons. The number of nitrogens with two attached hydrogens (primary N) is 1. The number of anilines is 2. The second-order valence-electron chi connectivity index (χ2n) is 32.6. The van der Waals surface area contributed by atoms with Crippen molar-refractivity contribution < 1.29 is 63.2 Å². The normalized spacial score (nSPS) is 13.6. The van der Waals surface area contributed by atoms with Crippen LogP contribution in [0.2, 0.25) is 0 Å². The molecule has 0 saturated carbocycles. The fourth-order valence-electron chi connectivity index (χ4n) is 16.7. The maximum absolute atomic E-state index is 13.5. The van der Waals surface area contributed by atoms with Crippen LogP contribution in [0, 0.1) is 60.4 Å². The molecule has 24 nitrogen and oxygen atoms in total. The van der Waals surface area contributed by atoms with Crippen LogP contribution in [0.1, 0.15) is 66.8 Å². The number of amides is 4. The van der Waals surface area contributed by atoms with Gasteiger partial charge in [0.25, 0.3) is 0 Å². The highest BCUT2D eigenvalue weighted by atomic mass is 32.1. The van der Waals surface area contributed by atoms with E-state index < -0.39 is 0 Å². The number of aromatic nitrogens is 12. The second-order valence-corrected chi connectivity index (χ2v) is 35.0. The summed E-state index contributed by atoms with van der Waals surface area (Å²) in [6.07, 6.45) is 11.1. The maximum Gasteiger partial charge on any atom is 0.230 e. The highest BCUT2D eigenvalue weighted by Gasteiger charge is 2.32. The Morgan fingerprint density at radius 3 is 1.05 bits per heavy atom. The molecule has 4 amide bonds. The second kappa shape index (κ2) is 40.0. The fourth-order valence-corrected chi connectivity index (χ4v) is 18.5. The molecule has 4 aliphatic heterocycles. The summed E-state index contributed by atoms with van der Waals surface area (Å²) in [6.45, 7) is 9.52. The number of hydrogen-bond acceptors (Lipinski definition) is 18. The van der Waals surface area contributed by atoms with E-state index in [0.717, 1.165) is 91.0 Å². The average molecular weight is 1860 g/mol. The molecule has 0 bridgehead atoms. The Balaban J connectivity index is 0.000000120. The van der Waals surface area contributed by atoms with Gasteiger partial charge in [0.15, 0.2) is 22.4 Å². The number of hydrogen-bond donors (Lipinski definition) is 1. The van der Waals surface area contributed by atoms with Gasteiger partial charge >= 0.3 is 0 Å². The maximum atomic E-state index is 13.5. The van der Waals surface area contributed by atoms with Gasteiger partial charge in [-0.2, -0.15) is 0 Å². The van der Waals surface area contributed by atoms with Crippen molar-refractivity contribution in [2.45, 2.75) is 78.2 Å². The number of carbonyl (C=O) groups excluding carboxylic acids is 4. The molecule has 4 aliphatic rings. The summed E-state index contributed by atoms with van der Waals surface area (Å²) in [4.78, 5) is 96.7. The lowest BCUT2D eigenvalue weighted by Gasteiger charge is -2.34. The van der Waals surface area contributed by atoms with E-state index in [0.29, 0.717) is 158 Å². The Bertz CT molecular complexity index is 6860. The van der Waals surface area contributed by atoms with Crippen molar-refractivity contribution in [3.8, 4) is 67.8 Å². The van der Waals surface area contributed by atoms with Crippen molar-refractivity contribution in [2.75, 3.05) is 69.5 Å². The molecular formula is C101H86F8N18O6S2. The summed E-state index contributed by atoms with van der Waals surface area (Å²) in [7, 11) is 0. The number of nitrogens with zero attached hydrogens (tertiary/aromatic N) is 17. The molecule has 12 heterocycles. The van der Waals surface area contributed by atoms with Crippen LogP contribution in [0.15, 0.2) is 252 Å². The molecule has 135 heavy (non-hydrogen) atoms. The molecule has 1 fully saturated rings. The van der Waals surface area contributed by atoms with Crippen molar-refractivity contribution >= 4 is 68.2 Å². The predicted octanol–water partition coefficient (Wildman–Crippen LogP) is 17.9. The van der Waals surface area contributed by atoms with E-state index in [1.165, 1.54) is 113 Å². The third kappa shape index (κ3) is 21.3. The first-order chi connectivity index (χ1) is 65.4. The van der Waals surface area contributed by atoms with Gasteiger partial charge in [0.1, 0.15) is 75.6 Å². The van der Waals surface area contributed by atoms with E-state index in [4.69, 9.17) is 24.6 Å².